The van der Waals surface area contributed by atoms with Crippen molar-refractivity contribution in [3.05, 3.63) is 65.2 Å². The fraction of sp³-hybridized carbons (Fsp3) is 0.294. The van der Waals surface area contributed by atoms with Crippen molar-refractivity contribution < 1.29 is 9.18 Å². The van der Waals surface area contributed by atoms with E-state index in [-0.39, 0.29) is 17.8 Å². The van der Waals surface area contributed by atoms with Crippen LogP contribution in [0.5, 0.6) is 0 Å². The summed E-state index contributed by atoms with van der Waals surface area (Å²) in [7, 11) is 0. The van der Waals surface area contributed by atoms with Crippen LogP contribution in [0, 0.1) is 12.7 Å². The average Bonchev–Trinajstić information content (AvgIpc) is 2.45. The molecular formula is C17H19FN2O. The van der Waals surface area contributed by atoms with Gasteiger partial charge in [0.2, 0.25) is 0 Å². The number of amides is 1. The van der Waals surface area contributed by atoms with Gasteiger partial charge in [0.05, 0.1) is 0 Å². The van der Waals surface area contributed by atoms with Gasteiger partial charge < -0.3 is 4.90 Å². The number of pyridine rings is 1. The predicted octanol–water partition coefficient (Wildman–Crippen LogP) is 3.58. The molecule has 0 atom stereocenters. The minimum absolute atomic E-state index is 0.0437. The van der Waals surface area contributed by atoms with E-state index in [0.717, 1.165) is 5.56 Å². The zero-order valence-electron chi connectivity index (χ0n) is 12.5. The monoisotopic (exact) mass is 286 g/mol. The van der Waals surface area contributed by atoms with Crippen molar-refractivity contribution in [3.8, 4) is 0 Å². The van der Waals surface area contributed by atoms with Gasteiger partial charge in [0.1, 0.15) is 5.82 Å². The van der Waals surface area contributed by atoms with Gasteiger partial charge in [-0.2, -0.15) is 0 Å². The van der Waals surface area contributed by atoms with Crippen LogP contribution in [0.2, 0.25) is 0 Å². The lowest BCUT2D eigenvalue weighted by molar-refractivity contribution is 0.0689. The molecular weight excluding hydrogens is 267 g/mol. The molecule has 21 heavy (non-hydrogen) atoms. The van der Waals surface area contributed by atoms with Crippen LogP contribution in [0.1, 0.15) is 35.3 Å². The van der Waals surface area contributed by atoms with Gasteiger partial charge in [-0.15, -0.1) is 0 Å². The summed E-state index contributed by atoms with van der Waals surface area (Å²) in [6.45, 7) is 6.17. The smallest absolute Gasteiger partial charge is 0.254 e. The lowest BCUT2D eigenvalue weighted by atomic mass is 10.1. The molecule has 1 aromatic carbocycles. The van der Waals surface area contributed by atoms with Crippen molar-refractivity contribution in [3.63, 3.8) is 0 Å². The number of halogens is 1. The molecule has 0 saturated carbocycles. The van der Waals surface area contributed by atoms with Gasteiger partial charge in [-0.25, -0.2) is 4.39 Å². The molecule has 0 unspecified atom stereocenters. The Balaban J connectivity index is 2.27. The molecule has 0 aliphatic rings. The highest BCUT2D eigenvalue weighted by Crippen LogP contribution is 2.17. The number of aryl methyl sites for hydroxylation is 1. The topological polar surface area (TPSA) is 33.2 Å². The van der Waals surface area contributed by atoms with E-state index in [1.54, 1.807) is 30.3 Å². The van der Waals surface area contributed by atoms with E-state index in [0.29, 0.717) is 17.7 Å². The zero-order chi connectivity index (χ0) is 15.4. The third-order valence-electron chi connectivity index (χ3n) is 3.38. The molecule has 0 bridgehead atoms. The van der Waals surface area contributed by atoms with Crippen LogP contribution in [0.4, 0.5) is 4.39 Å². The summed E-state index contributed by atoms with van der Waals surface area (Å²) < 4.78 is 13.2. The second-order valence-corrected chi connectivity index (χ2v) is 5.35. The fourth-order valence-corrected chi connectivity index (χ4v) is 2.20. The summed E-state index contributed by atoms with van der Waals surface area (Å²) in [6, 6.07) is 8.08. The fourth-order valence-electron chi connectivity index (χ4n) is 2.20. The Morgan fingerprint density at radius 2 is 2.10 bits per heavy atom. The van der Waals surface area contributed by atoms with E-state index in [1.807, 2.05) is 26.0 Å². The number of benzene rings is 1. The van der Waals surface area contributed by atoms with E-state index in [9.17, 15) is 9.18 Å². The summed E-state index contributed by atoms with van der Waals surface area (Å²) in [5, 5.41) is 0. The minimum Gasteiger partial charge on any atom is -0.332 e. The first-order valence-electron chi connectivity index (χ1n) is 6.95. The molecule has 0 aliphatic heterocycles. The number of rotatable bonds is 4. The van der Waals surface area contributed by atoms with Crippen LogP contribution in [0.25, 0.3) is 0 Å². The number of aromatic nitrogens is 1. The minimum atomic E-state index is -0.326. The second-order valence-electron chi connectivity index (χ2n) is 5.35. The van der Waals surface area contributed by atoms with Crippen molar-refractivity contribution >= 4 is 5.91 Å². The van der Waals surface area contributed by atoms with E-state index >= 15 is 0 Å². The SMILES string of the molecule is Cc1cc(F)ccc1C(=O)N(Cc1cccnc1)C(C)C. The Kier molecular flexibility index (Phi) is 4.68. The summed E-state index contributed by atoms with van der Waals surface area (Å²) >= 11 is 0. The molecule has 3 nitrogen and oxygen atoms in total. The highest BCUT2D eigenvalue weighted by atomic mass is 19.1. The van der Waals surface area contributed by atoms with Crippen molar-refractivity contribution in [2.45, 2.75) is 33.4 Å². The molecule has 4 heteroatoms. The van der Waals surface area contributed by atoms with Crippen molar-refractivity contribution in [2.24, 2.45) is 0 Å². The van der Waals surface area contributed by atoms with E-state index in [2.05, 4.69) is 4.98 Å². The van der Waals surface area contributed by atoms with Crippen LogP contribution in [-0.2, 0) is 6.54 Å². The summed E-state index contributed by atoms with van der Waals surface area (Å²) in [6.07, 6.45) is 3.45. The summed E-state index contributed by atoms with van der Waals surface area (Å²) in [5.41, 5.74) is 2.16. The molecule has 0 spiro atoms. The van der Waals surface area contributed by atoms with Crippen LogP contribution >= 0.6 is 0 Å². The first kappa shape index (κ1) is 15.2. The molecule has 0 aliphatic carbocycles. The third-order valence-corrected chi connectivity index (χ3v) is 3.38. The molecule has 2 aromatic rings. The molecule has 1 aromatic heterocycles. The van der Waals surface area contributed by atoms with Gasteiger partial charge in [-0.05, 0) is 56.2 Å². The van der Waals surface area contributed by atoms with Gasteiger partial charge in [0, 0.05) is 30.5 Å². The summed E-state index contributed by atoms with van der Waals surface area (Å²) in [4.78, 5) is 18.5. The van der Waals surface area contributed by atoms with Crippen LogP contribution in [0.3, 0.4) is 0 Å². The van der Waals surface area contributed by atoms with Crippen molar-refractivity contribution in [1.29, 1.82) is 0 Å². The number of carbonyl (C=O) groups is 1. The Hall–Kier alpha value is -2.23. The maximum absolute atomic E-state index is 13.2. The predicted molar refractivity (Wildman–Crippen MR) is 80.4 cm³/mol. The quantitative estimate of drug-likeness (QED) is 0.860. The molecule has 1 heterocycles. The van der Waals surface area contributed by atoms with Crippen LogP contribution < -0.4 is 0 Å². The highest BCUT2D eigenvalue weighted by Gasteiger charge is 2.20. The first-order valence-corrected chi connectivity index (χ1v) is 6.95. The number of hydrogen-bond acceptors (Lipinski definition) is 2. The van der Waals surface area contributed by atoms with Crippen LogP contribution in [-0.4, -0.2) is 21.8 Å². The Labute approximate surface area is 124 Å². The average molecular weight is 286 g/mol. The Bertz CT molecular complexity index is 626. The van der Waals surface area contributed by atoms with Gasteiger partial charge in [0.25, 0.3) is 5.91 Å². The lowest BCUT2D eigenvalue weighted by Crippen LogP contribution is -2.36. The third kappa shape index (κ3) is 3.66. The number of carbonyl (C=O) groups excluding carboxylic acids is 1. The summed E-state index contributed by atoms with van der Waals surface area (Å²) in [5.74, 6) is -0.418. The highest BCUT2D eigenvalue weighted by molar-refractivity contribution is 5.95. The molecule has 2 rings (SSSR count). The Morgan fingerprint density at radius 1 is 1.33 bits per heavy atom. The number of hydrogen-bond donors (Lipinski definition) is 0. The molecule has 0 saturated heterocycles. The molecule has 0 radical (unpaired) electrons. The van der Waals surface area contributed by atoms with E-state index in [4.69, 9.17) is 0 Å². The normalized spacial score (nSPS) is 10.7. The maximum Gasteiger partial charge on any atom is 0.254 e. The van der Waals surface area contributed by atoms with Crippen LogP contribution in [0.15, 0.2) is 42.7 Å². The van der Waals surface area contributed by atoms with Gasteiger partial charge in [-0.1, -0.05) is 6.07 Å². The Morgan fingerprint density at radius 3 is 2.67 bits per heavy atom. The van der Waals surface area contributed by atoms with Gasteiger partial charge in [-0.3, -0.25) is 9.78 Å². The lowest BCUT2D eigenvalue weighted by Gasteiger charge is -2.27. The standard InChI is InChI=1S/C17H19FN2O/c1-12(2)20(11-14-5-4-8-19-10-14)17(21)16-7-6-15(18)9-13(16)3/h4-10,12H,11H2,1-3H3. The maximum atomic E-state index is 13.2. The second kappa shape index (κ2) is 6.48. The van der Waals surface area contributed by atoms with Gasteiger partial charge in [0.15, 0.2) is 0 Å². The molecule has 1 amide bonds. The molecule has 0 N–H and O–H groups in total. The largest absolute Gasteiger partial charge is 0.332 e. The number of nitrogens with zero attached hydrogens (tertiary/aromatic N) is 2. The van der Waals surface area contributed by atoms with Crippen molar-refractivity contribution in [2.75, 3.05) is 0 Å². The molecule has 110 valence electrons. The van der Waals surface area contributed by atoms with E-state index < -0.39 is 0 Å². The van der Waals surface area contributed by atoms with E-state index in [1.165, 1.54) is 12.1 Å². The van der Waals surface area contributed by atoms with Gasteiger partial charge >= 0.3 is 0 Å². The molecule has 0 fully saturated rings. The van der Waals surface area contributed by atoms with Crippen molar-refractivity contribution in [1.82, 2.24) is 9.88 Å². The first-order chi connectivity index (χ1) is 9.99. The zero-order valence-corrected chi connectivity index (χ0v) is 12.5.